The fraction of sp³-hybridized carbons (Fsp3) is 0.128. The molecule has 1 atom stereocenters. The average Bonchev–Trinajstić information content (AvgIpc) is 3.16. The molecule has 0 unspecified atom stereocenters. The number of benzene rings is 2. The number of halogens is 8. The van der Waals surface area contributed by atoms with Gasteiger partial charge in [0.15, 0.2) is 0 Å². The summed E-state index contributed by atoms with van der Waals surface area (Å²) < 4.78 is 78.0. The Bertz CT molecular complexity index is 2070. The molecule has 0 spiro atoms. The SMILES string of the molecule is CC#N.CC#N.F[B-](F)(F)F.F[B-](F)(F)F.[Fe+3].[O-]c1ccccc1-c1cccc([C@@H](c2cccc(-c3ccccc3)n2)N(Cc2ccccn2)Cc2ccccn2)n1. The third-order valence-electron chi connectivity index (χ3n) is 6.88. The number of nitriles is 2. The van der Waals surface area contributed by atoms with Crippen molar-refractivity contribution in [2.75, 3.05) is 0 Å². The van der Waals surface area contributed by atoms with Crippen molar-refractivity contribution in [3.8, 4) is 40.4 Å². The predicted octanol–water partition coefficient (Wildman–Crippen LogP) is 10.1. The first-order valence-electron chi connectivity index (χ1n) is 16.7. The first-order valence-corrected chi connectivity index (χ1v) is 16.7. The maximum atomic E-state index is 12.7. The van der Waals surface area contributed by atoms with Gasteiger partial charge in [0, 0.05) is 44.9 Å². The summed E-state index contributed by atoms with van der Waals surface area (Å²) in [6.45, 7) is 3.95. The van der Waals surface area contributed by atoms with E-state index in [2.05, 4.69) is 27.0 Å². The van der Waals surface area contributed by atoms with Gasteiger partial charge in [-0.1, -0.05) is 84.6 Å². The minimum Gasteiger partial charge on any atom is -0.872 e. The Morgan fingerprint density at radius 1 is 0.569 bits per heavy atom. The fourth-order valence-electron chi connectivity index (χ4n) is 4.97. The van der Waals surface area contributed by atoms with Crippen molar-refractivity contribution in [1.29, 1.82) is 10.5 Å². The van der Waals surface area contributed by atoms with Crippen LogP contribution in [0.2, 0.25) is 0 Å². The first-order chi connectivity index (χ1) is 27.1. The van der Waals surface area contributed by atoms with Crippen molar-refractivity contribution in [3.63, 3.8) is 0 Å². The van der Waals surface area contributed by atoms with E-state index in [0.29, 0.717) is 24.3 Å². The molecule has 0 saturated heterocycles. The molecule has 2 aromatic carbocycles. The second-order valence-corrected chi connectivity index (χ2v) is 11.1. The molecule has 6 aromatic rings. The third kappa shape index (κ3) is 20.2. The quantitative estimate of drug-likeness (QED) is 0.104. The molecule has 0 saturated carbocycles. The number of pyridine rings is 4. The van der Waals surface area contributed by atoms with Gasteiger partial charge in [-0.3, -0.25) is 24.8 Å². The molecule has 301 valence electrons. The van der Waals surface area contributed by atoms with E-state index in [0.717, 1.165) is 34.0 Å². The third-order valence-corrected chi connectivity index (χ3v) is 6.88. The molecule has 0 amide bonds. The molecule has 0 fully saturated rings. The summed E-state index contributed by atoms with van der Waals surface area (Å²) in [7, 11) is -12.0. The number of hydrogen-bond donors (Lipinski definition) is 0. The van der Waals surface area contributed by atoms with Gasteiger partial charge in [-0.25, -0.2) is 0 Å². The van der Waals surface area contributed by atoms with E-state index >= 15 is 0 Å². The Labute approximate surface area is 341 Å². The van der Waals surface area contributed by atoms with Crippen molar-refractivity contribution < 1.29 is 56.7 Å². The van der Waals surface area contributed by atoms with E-state index in [1.807, 2.05) is 116 Å². The Morgan fingerprint density at radius 2 is 0.966 bits per heavy atom. The van der Waals surface area contributed by atoms with Gasteiger partial charge in [0.2, 0.25) is 0 Å². The van der Waals surface area contributed by atoms with Crippen LogP contribution in [0.4, 0.5) is 34.5 Å². The van der Waals surface area contributed by atoms with Gasteiger partial charge in [-0.05, 0) is 54.1 Å². The van der Waals surface area contributed by atoms with Crippen LogP contribution in [-0.4, -0.2) is 39.3 Å². The molecule has 0 N–H and O–H groups in total. The van der Waals surface area contributed by atoms with Crippen LogP contribution in [0, 0.1) is 22.7 Å². The van der Waals surface area contributed by atoms with E-state index in [-0.39, 0.29) is 28.9 Å². The van der Waals surface area contributed by atoms with Gasteiger partial charge in [0.1, 0.15) is 0 Å². The zero-order valence-electron chi connectivity index (χ0n) is 30.8. The maximum absolute atomic E-state index is 12.7. The van der Waals surface area contributed by atoms with Gasteiger partial charge >= 0.3 is 31.6 Å². The van der Waals surface area contributed by atoms with E-state index in [1.165, 1.54) is 13.8 Å². The molecule has 0 aliphatic heterocycles. The number of para-hydroxylation sites is 1. The predicted molar refractivity (Wildman–Crippen MR) is 201 cm³/mol. The van der Waals surface area contributed by atoms with Crippen LogP contribution in [0.25, 0.3) is 22.5 Å². The summed E-state index contributed by atoms with van der Waals surface area (Å²) in [4.78, 5) is 21.8. The smallest absolute Gasteiger partial charge is 0.872 e. The molecular formula is C39H34B2F8FeN7O. The zero-order valence-corrected chi connectivity index (χ0v) is 31.9. The van der Waals surface area contributed by atoms with E-state index in [1.54, 1.807) is 24.3 Å². The fourth-order valence-corrected chi connectivity index (χ4v) is 4.97. The molecular weight excluding hydrogens is 812 g/mol. The second kappa shape index (κ2) is 25.9. The van der Waals surface area contributed by atoms with E-state index in [9.17, 15) is 39.6 Å². The topological polar surface area (TPSA) is 125 Å². The molecule has 19 heteroatoms. The van der Waals surface area contributed by atoms with Crippen molar-refractivity contribution in [2.45, 2.75) is 33.0 Å². The Kier molecular flexibility index (Phi) is 22.3. The van der Waals surface area contributed by atoms with Crippen LogP contribution in [0.1, 0.15) is 42.7 Å². The maximum Gasteiger partial charge on any atom is 3.00 e. The minimum absolute atomic E-state index is 0. The van der Waals surface area contributed by atoms with Crippen molar-refractivity contribution in [2.24, 2.45) is 0 Å². The van der Waals surface area contributed by atoms with Crippen LogP contribution in [-0.2, 0) is 30.2 Å². The van der Waals surface area contributed by atoms with Gasteiger partial charge in [0.05, 0.1) is 52.3 Å². The number of nitrogens with zero attached hydrogens (tertiary/aromatic N) is 7. The van der Waals surface area contributed by atoms with Crippen LogP contribution < -0.4 is 5.11 Å². The molecule has 0 aliphatic rings. The van der Waals surface area contributed by atoms with Crippen molar-refractivity contribution >= 4 is 14.5 Å². The Morgan fingerprint density at radius 3 is 1.40 bits per heavy atom. The molecule has 58 heavy (non-hydrogen) atoms. The van der Waals surface area contributed by atoms with Crippen molar-refractivity contribution in [1.82, 2.24) is 24.8 Å². The van der Waals surface area contributed by atoms with Crippen LogP contribution >= 0.6 is 0 Å². The minimum atomic E-state index is -6.00. The molecule has 8 nitrogen and oxygen atoms in total. The van der Waals surface area contributed by atoms with Crippen LogP contribution in [0.5, 0.6) is 5.75 Å². The summed E-state index contributed by atoms with van der Waals surface area (Å²) >= 11 is 0. The summed E-state index contributed by atoms with van der Waals surface area (Å²) in [6, 6.07) is 44.1. The Balaban J connectivity index is 0.000000850. The summed E-state index contributed by atoms with van der Waals surface area (Å²) in [5.74, 6) is -0.0586. The van der Waals surface area contributed by atoms with Gasteiger partial charge in [0.25, 0.3) is 0 Å². The van der Waals surface area contributed by atoms with Gasteiger partial charge < -0.3 is 39.6 Å². The first kappa shape index (κ1) is 49.9. The summed E-state index contributed by atoms with van der Waals surface area (Å²) in [5, 5.41) is 27.3. The molecule has 4 heterocycles. The van der Waals surface area contributed by atoms with Gasteiger partial charge in [-0.15, -0.1) is 0 Å². The summed E-state index contributed by atoms with van der Waals surface area (Å²) in [6.07, 6.45) is 3.61. The summed E-state index contributed by atoms with van der Waals surface area (Å²) in [5.41, 5.74) is 6.60. The molecule has 0 bridgehead atoms. The average molecular weight is 846 g/mol. The second-order valence-electron chi connectivity index (χ2n) is 11.1. The molecule has 4 aromatic heterocycles. The molecule has 6 rings (SSSR count). The Hall–Kier alpha value is -6.13. The van der Waals surface area contributed by atoms with Gasteiger partial charge in [-0.2, -0.15) is 10.5 Å². The van der Waals surface area contributed by atoms with E-state index in [4.69, 9.17) is 20.5 Å². The number of hydrogen-bond acceptors (Lipinski definition) is 8. The molecule has 0 aliphatic carbocycles. The monoisotopic (exact) mass is 846 g/mol. The normalized spacial score (nSPS) is 10.7. The number of rotatable bonds is 9. The zero-order chi connectivity index (χ0) is 42.3. The largest absolute Gasteiger partial charge is 3.00 e. The standard InChI is InChI=1S/C35H29N5O.2C2H3N.2BF4.Fe/c41-34-21-5-4-16-29(34)31-18-11-20-33(39-31)35(32-19-10-17-30(38-32)26-12-2-1-3-13-26)40(24-27-14-6-8-22-36-27)25-28-15-7-9-23-37-28;2*1-2-3;2*2-1(3,4)5;/h1-23,35,41H,24-25H2;2*1H3;;;/q;;;2*-1;+3/p-1/t35-;;;;;/m1...../s1. The van der Waals surface area contributed by atoms with Crippen molar-refractivity contribution in [3.05, 3.63) is 163 Å². The number of aromatic nitrogens is 4. The molecule has 1 radical (unpaired) electrons. The van der Waals surface area contributed by atoms with E-state index < -0.39 is 14.5 Å². The van der Waals surface area contributed by atoms with Crippen LogP contribution in [0.15, 0.2) is 140 Å². The van der Waals surface area contributed by atoms with Crippen LogP contribution in [0.3, 0.4) is 0 Å².